The molecule has 0 amide bonds. The monoisotopic (exact) mass is 449 g/mol. The molecule has 4 rings (SSSR count). The Morgan fingerprint density at radius 2 is 1.43 bits per heavy atom. The molecule has 8 heteroatoms. The van der Waals surface area contributed by atoms with Crippen LogP contribution in [0.25, 0.3) is 0 Å². The van der Waals surface area contributed by atoms with Crippen molar-refractivity contribution in [2.24, 2.45) is 0 Å². The average molecular weight is 450 g/mol. The summed E-state index contributed by atoms with van der Waals surface area (Å²) in [6, 6.07) is 11.8. The molecule has 0 radical (unpaired) electrons. The lowest BCUT2D eigenvalue weighted by Gasteiger charge is -2.31. The molecule has 1 aliphatic carbocycles. The van der Waals surface area contributed by atoms with Crippen LogP contribution in [-0.2, 0) is 32.7 Å². The zero-order valence-electron chi connectivity index (χ0n) is 17.1. The van der Waals surface area contributed by atoms with Crippen molar-refractivity contribution in [3.8, 4) is 5.75 Å². The largest absolute Gasteiger partial charge is 0.497 e. The zero-order chi connectivity index (χ0) is 21.4. The molecule has 0 saturated carbocycles. The number of hydrogen-bond acceptors (Lipinski definition) is 5. The summed E-state index contributed by atoms with van der Waals surface area (Å²) >= 11 is 0. The molecular formula is C22H27NO5S2. The number of ether oxygens (including phenoxy) is 1. The Bertz CT molecular complexity index is 1120. The molecule has 1 aliphatic heterocycles. The molecule has 30 heavy (non-hydrogen) atoms. The lowest BCUT2D eigenvalue weighted by molar-refractivity contribution is 0.345. The Kier molecular flexibility index (Phi) is 5.92. The highest BCUT2D eigenvalue weighted by Crippen LogP contribution is 2.30. The molecule has 1 heterocycles. The second-order valence-corrected chi connectivity index (χ2v) is 12.1. The first-order chi connectivity index (χ1) is 14.3. The molecule has 0 bridgehead atoms. The number of sulfone groups is 1. The van der Waals surface area contributed by atoms with Crippen LogP contribution < -0.4 is 4.74 Å². The summed E-state index contributed by atoms with van der Waals surface area (Å²) < 4.78 is 58.7. The minimum absolute atomic E-state index is 0.208. The van der Waals surface area contributed by atoms with Crippen molar-refractivity contribution in [3.05, 3.63) is 53.6 Å². The van der Waals surface area contributed by atoms with Gasteiger partial charge < -0.3 is 4.74 Å². The topological polar surface area (TPSA) is 80.8 Å². The first-order valence-electron chi connectivity index (χ1n) is 10.3. The van der Waals surface area contributed by atoms with E-state index < -0.39 is 25.1 Å². The predicted molar refractivity (Wildman–Crippen MR) is 115 cm³/mol. The number of piperidine rings is 1. The molecule has 2 aromatic carbocycles. The molecular weight excluding hydrogens is 422 g/mol. The van der Waals surface area contributed by atoms with Crippen molar-refractivity contribution >= 4 is 19.9 Å². The van der Waals surface area contributed by atoms with Gasteiger partial charge in [0.25, 0.3) is 0 Å². The van der Waals surface area contributed by atoms with Crippen molar-refractivity contribution in [2.75, 3.05) is 20.2 Å². The summed E-state index contributed by atoms with van der Waals surface area (Å²) in [6.45, 7) is 0.416. The molecule has 162 valence electrons. The first-order valence-corrected chi connectivity index (χ1v) is 13.3. The third kappa shape index (κ3) is 4.00. The van der Waals surface area contributed by atoms with Gasteiger partial charge in [0.1, 0.15) is 5.75 Å². The fourth-order valence-corrected chi connectivity index (χ4v) is 7.61. The number of nitrogens with zero attached hydrogens (tertiary/aromatic N) is 1. The number of rotatable bonds is 5. The van der Waals surface area contributed by atoms with Gasteiger partial charge in [-0.2, -0.15) is 4.31 Å². The van der Waals surface area contributed by atoms with Gasteiger partial charge in [-0.3, -0.25) is 0 Å². The Hall–Kier alpha value is -1.90. The van der Waals surface area contributed by atoms with Crippen LogP contribution in [0.3, 0.4) is 0 Å². The summed E-state index contributed by atoms with van der Waals surface area (Å²) in [5.41, 5.74) is 2.36. The number of benzene rings is 2. The van der Waals surface area contributed by atoms with Crippen molar-refractivity contribution in [1.82, 2.24) is 4.31 Å². The van der Waals surface area contributed by atoms with E-state index in [2.05, 4.69) is 0 Å². The highest BCUT2D eigenvalue weighted by atomic mass is 32.2. The van der Waals surface area contributed by atoms with Crippen LogP contribution in [0.2, 0.25) is 0 Å². The molecule has 2 aliphatic rings. The van der Waals surface area contributed by atoms with Gasteiger partial charge in [-0.25, -0.2) is 16.8 Å². The van der Waals surface area contributed by atoms with E-state index in [0.717, 1.165) is 31.2 Å². The van der Waals surface area contributed by atoms with Crippen molar-refractivity contribution in [2.45, 2.75) is 53.6 Å². The van der Waals surface area contributed by atoms with E-state index >= 15 is 0 Å². The second-order valence-electron chi connectivity index (χ2n) is 7.96. The second kappa shape index (κ2) is 8.32. The molecule has 0 aromatic heterocycles. The highest BCUT2D eigenvalue weighted by molar-refractivity contribution is 7.92. The van der Waals surface area contributed by atoms with Crippen molar-refractivity contribution in [3.63, 3.8) is 0 Å². The number of methoxy groups -OCH3 is 1. The van der Waals surface area contributed by atoms with Gasteiger partial charge in [-0.15, -0.1) is 0 Å². The van der Waals surface area contributed by atoms with E-state index in [1.807, 2.05) is 12.1 Å². The van der Waals surface area contributed by atoms with Crippen LogP contribution in [0.5, 0.6) is 5.75 Å². The third-order valence-electron chi connectivity index (χ3n) is 6.19. The summed E-state index contributed by atoms with van der Waals surface area (Å²) in [6.07, 6.45) is 4.74. The van der Waals surface area contributed by atoms with E-state index in [-0.39, 0.29) is 18.0 Å². The molecule has 0 spiro atoms. The van der Waals surface area contributed by atoms with Crippen LogP contribution in [0.4, 0.5) is 0 Å². The number of hydrogen-bond donors (Lipinski definition) is 0. The molecule has 1 saturated heterocycles. The van der Waals surface area contributed by atoms with Crippen LogP contribution in [0, 0.1) is 0 Å². The zero-order valence-corrected chi connectivity index (χ0v) is 18.7. The highest BCUT2D eigenvalue weighted by Gasteiger charge is 2.36. The lowest BCUT2D eigenvalue weighted by Crippen LogP contribution is -2.42. The lowest BCUT2D eigenvalue weighted by atomic mass is 9.92. The molecule has 6 nitrogen and oxygen atoms in total. The van der Waals surface area contributed by atoms with Crippen molar-refractivity contribution < 1.29 is 21.6 Å². The molecule has 0 N–H and O–H groups in total. The van der Waals surface area contributed by atoms with Crippen LogP contribution in [0.15, 0.2) is 52.3 Å². The summed E-state index contributed by atoms with van der Waals surface area (Å²) in [7, 11) is -5.60. The Labute approximate surface area is 178 Å². The normalized spacial score (nSPS) is 18.7. The summed E-state index contributed by atoms with van der Waals surface area (Å²) in [4.78, 5) is 0.568. The minimum atomic E-state index is -3.62. The van der Waals surface area contributed by atoms with E-state index in [1.54, 1.807) is 30.3 Å². The SMILES string of the molecule is COc1ccc(S(=O)(=O)C2CCN(S(=O)(=O)c3ccc4c(c3)CCCC4)CC2)cc1. The van der Waals surface area contributed by atoms with Gasteiger partial charge in [0.15, 0.2) is 9.84 Å². The van der Waals surface area contributed by atoms with Gasteiger partial charge in [-0.1, -0.05) is 6.07 Å². The van der Waals surface area contributed by atoms with Crippen LogP contribution >= 0.6 is 0 Å². The molecule has 2 aromatic rings. The number of fused-ring (bicyclic) bond motifs is 1. The van der Waals surface area contributed by atoms with Crippen molar-refractivity contribution in [1.29, 1.82) is 0 Å². The summed E-state index contributed by atoms with van der Waals surface area (Å²) in [5, 5.41) is -0.583. The van der Waals surface area contributed by atoms with E-state index in [1.165, 1.54) is 17.0 Å². The van der Waals surface area contributed by atoms with E-state index in [9.17, 15) is 16.8 Å². The van der Waals surface area contributed by atoms with Gasteiger partial charge in [-0.05, 0) is 86.1 Å². The third-order valence-corrected chi connectivity index (χ3v) is 10.4. The Morgan fingerprint density at radius 3 is 2.07 bits per heavy atom. The molecule has 0 unspecified atom stereocenters. The summed E-state index contributed by atoms with van der Waals surface area (Å²) in [5.74, 6) is 0.597. The number of sulfonamides is 1. The van der Waals surface area contributed by atoms with Gasteiger partial charge in [0.2, 0.25) is 10.0 Å². The fraction of sp³-hybridized carbons (Fsp3) is 0.455. The molecule has 1 fully saturated rings. The maximum Gasteiger partial charge on any atom is 0.243 e. The molecule has 0 atom stereocenters. The maximum atomic E-state index is 13.1. The Balaban J connectivity index is 1.48. The Morgan fingerprint density at radius 1 is 0.833 bits per heavy atom. The maximum absolute atomic E-state index is 13.1. The van der Waals surface area contributed by atoms with Gasteiger partial charge >= 0.3 is 0 Å². The standard InChI is InChI=1S/C22H27NO5S2/c1-28-19-7-10-20(11-8-19)29(24,25)21-12-14-23(15-13-21)30(26,27)22-9-6-17-4-2-3-5-18(17)16-22/h6-11,16,21H,2-5,12-15H2,1H3. The smallest absolute Gasteiger partial charge is 0.243 e. The van der Waals surface area contributed by atoms with Crippen LogP contribution in [0.1, 0.15) is 36.8 Å². The van der Waals surface area contributed by atoms with Gasteiger partial charge in [0, 0.05) is 13.1 Å². The quantitative estimate of drug-likeness (QED) is 0.700. The average Bonchev–Trinajstić information content (AvgIpc) is 2.78. The van der Waals surface area contributed by atoms with E-state index in [0.29, 0.717) is 23.5 Å². The number of aryl methyl sites for hydroxylation is 2. The predicted octanol–water partition coefficient (Wildman–Crippen LogP) is 3.20. The van der Waals surface area contributed by atoms with E-state index in [4.69, 9.17) is 4.74 Å². The van der Waals surface area contributed by atoms with Gasteiger partial charge in [0.05, 0.1) is 22.2 Å². The minimum Gasteiger partial charge on any atom is -0.497 e. The fourth-order valence-electron chi connectivity index (χ4n) is 4.36. The first kappa shape index (κ1) is 21.3. The van der Waals surface area contributed by atoms with Crippen LogP contribution in [-0.4, -0.2) is 46.6 Å².